The van der Waals surface area contributed by atoms with Crippen LogP contribution in [0.15, 0.2) is 0 Å². The Hall–Kier alpha value is 0. The molecule has 2 aliphatic rings. The van der Waals surface area contributed by atoms with E-state index in [0.29, 0.717) is 0 Å². The normalized spacial score (nSPS) is 48.2. The highest BCUT2D eigenvalue weighted by Crippen LogP contribution is 2.57. The molecule has 0 N–H and O–H groups in total. The smallest absolute Gasteiger partial charge is 0.0324 e. The molecular weight excluding hydrogens is 168 g/mol. The van der Waals surface area contributed by atoms with Crippen LogP contribution in [0.4, 0.5) is 0 Å². The lowest BCUT2D eigenvalue weighted by molar-refractivity contribution is 0.249. The molecule has 5 unspecified atom stereocenters. The van der Waals surface area contributed by atoms with Gasteiger partial charge in [0.1, 0.15) is 0 Å². The summed E-state index contributed by atoms with van der Waals surface area (Å²) in [5, 5.41) is 0. The molecule has 0 nitrogen and oxygen atoms in total. The molecule has 2 aliphatic carbocycles. The van der Waals surface area contributed by atoms with E-state index < -0.39 is 0 Å². The predicted octanol–water partition coefficient (Wildman–Crippen LogP) is 4.35. The first-order valence-corrected chi connectivity index (χ1v) is 6.61. The predicted molar refractivity (Wildman–Crippen MR) is 62.1 cm³/mol. The Labute approximate surface area is 89.5 Å². The van der Waals surface area contributed by atoms with E-state index in [9.17, 15) is 0 Å². The first-order chi connectivity index (χ1) is 6.61. The Kier molecular flexibility index (Phi) is 2.91. The van der Waals surface area contributed by atoms with E-state index in [4.69, 9.17) is 0 Å². The Morgan fingerprint density at radius 3 is 2.21 bits per heavy atom. The second-order valence-electron chi connectivity index (χ2n) is 6.27. The van der Waals surface area contributed by atoms with Crippen LogP contribution in [0, 0.1) is 35.5 Å². The second kappa shape index (κ2) is 3.87. The Morgan fingerprint density at radius 1 is 0.929 bits per heavy atom. The Bertz CT molecular complexity index is 194. The SMILES string of the molecule is CC1CCC(C(C)C)C2C(C)C2CC1. The van der Waals surface area contributed by atoms with Crippen molar-refractivity contribution in [3.63, 3.8) is 0 Å². The molecule has 82 valence electrons. The molecule has 0 bridgehead atoms. The van der Waals surface area contributed by atoms with E-state index >= 15 is 0 Å². The van der Waals surface area contributed by atoms with E-state index in [1.807, 2.05) is 0 Å². The highest BCUT2D eigenvalue weighted by atomic mass is 14.6. The first-order valence-electron chi connectivity index (χ1n) is 6.61. The number of hydrogen-bond donors (Lipinski definition) is 0. The Balaban J connectivity index is 2.01. The first kappa shape index (κ1) is 10.5. The summed E-state index contributed by atoms with van der Waals surface area (Å²) in [5.74, 6) is 6.20. The molecule has 2 saturated carbocycles. The molecule has 2 rings (SSSR count). The van der Waals surface area contributed by atoms with Gasteiger partial charge in [0.2, 0.25) is 0 Å². The van der Waals surface area contributed by atoms with Crippen molar-refractivity contribution in [1.82, 2.24) is 0 Å². The van der Waals surface area contributed by atoms with E-state index in [0.717, 1.165) is 35.5 Å². The minimum Gasteiger partial charge on any atom is -0.0625 e. The van der Waals surface area contributed by atoms with Crippen LogP contribution >= 0.6 is 0 Å². The van der Waals surface area contributed by atoms with Gasteiger partial charge in [-0.15, -0.1) is 0 Å². The highest BCUT2D eigenvalue weighted by Gasteiger charge is 2.51. The summed E-state index contributed by atoms with van der Waals surface area (Å²) < 4.78 is 0. The van der Waals surface area contributed by atoms with Crippen molar-refractivity contribution in [3.05, 3.63) is 0 Å². The molecule has 0 radical (unpaired) electrons. The van der Waals surface area contributed by atoms with Gasteiger partial charge in [0, 0.05) is 0 Å². The van der Waals surface area contributed by atoms with Crippen LogP contribution in [0.1, 0.15) is 53.4 Å². The van der Waals surface area contributed by atoms with Crippen molar-refractivity contribution in [3.8, 4) is 0 Å². The maximum absolute atomic E-state index is 2.49. The minimum absolute atomic E-state index is 0.915. The highest BCUT2D eigenvalue weighted by molar-refractivity contribution is 4.99. The minimum atomic E-state index is 0.915. The maximum atomic E-state index is 2.49. The fourth-order valence-electron chi connectivity index (χ4n) is 3.81. The zero-order valence-electron chi connectivity index (χ0n) is 10.3. The molecule has 14 heavy (non-hydrogen) atoms. The molecule has 5 atom stereocenters. The summed E-state index contributed by atoms with van der Waals surface area (Å²) in [6.07, 6.45) is 6.01. The summed E-state index contributed by atoms with van der Waals surface area (Å²) in [5.41, 5.74) is 0. The fraction of sp³-hybridized carbons (Fsp3) is 1.00. The summed E-state index contributed by atoms with van der Waals surface area (Å²) >= 11 is 0. The van der Waals surface area contributed by atoms with Crippen LogP contribution in [0.25, 0.3) is 0 Å². The van der Waals surface area contributed by atoms with Gasteiger partial charge in [-0.3, -0.25) is 0 Å². The average molecular weight is 194 g/mol. The molecule has 0 aromatic carbocycles. The molecule has 2 fully saturated rings. The van der Waals surface area contributed by atoms with Crippen molar-refractivity contribution >= 4 is 0 Å². The van der Waals surface area contributed by atoms with Crippen LogP contribution in [0.2, 0.25) is 0 Å². The zero-order chi connectivity index (χ0) is 10.3. The van der Waals surface area contributed by atoms with Crippen molar-refractivity contribution in [2.75, 3.05) is 0 Å². The molecular formula is C14H26. The summed E-state index contributed by atoms with van der Waals surface area (Å²) in [4.78, 5) is 0. The topological polar surface area (TPSA) is 0 Å². The molecule has 0 saturated heterocycles. The van der Waals surface area contributed by atoms with Crippen molar-refractivity contribution in [2.45, 2.75) is 53.4 Å². The Morgan fingerprint density at radius 2 is 1.57 bits per heavy atom. The van der Waals surface area contributed by atoms with Gasteiger partial charge < -0.3 is 0 Å². The van der Waals surface area contributed by atoms with Gasteiger partial charge in [-0.05, 0) is 48.3 Å². The van der Waals surface area contributed by atoms with Crippen LogP contribution in [0.3, 0.4) is 0 Å². The van der Waals surface area contributed by atoms with Crippen LogP contribution in [0.5, 0.6) is 0 Å². The molecule has 0 aromatic heterocycles. The quantitative estimate of drug-likeness (QED) is 0.582. The summed E-state index contributed by atoms with van der Waals surface area (Å²) in [6, 6.07) is 0. The van der Waals surface area contributed by atoms with E-state index in [1.54, 1.807) is 0 Å². The molecule has 0 heteroatoms. The second-order valence-corrected chi connectivity index (χ2v) is 6.27. The lowest BCUT2D eigenvalue weighted by atomic mass is 9.80. The van der Waals surface area contributed by atoms with Crippen molar-refractivity contribution in [1.29, 1.82) is 0 Å². The lowest BCUT2D eigenvalue weighted by Crippen LogP contribution is -2.16. The zero-order valence-corrected chi connectivity index (χ0v) is 10.3. The van der Waals surface area contributed by atoms with Gasteiger partial charge in [0.25, 0.3) is 0 Å². The van der Waals surface area contributed by atoms with Crippen molar-refractivity contribution < 1.29 is 0 Å². The average Bonchev–Trinajstić information content (AvgIpc) is 2.69. The fourth-order valence-corrected chi connectivity index (χ4v) is 3.81. The third-order valence-corrected chi connectivity index (χ3v) is 4.97. The van der Waals surface area contributed by atoms with Crippen LogP contribution < -0.4 is 0 Å². The lowest BCUT2D eigenvalue weighted by Gasteiger charge is -2.25. The van der Waals surface area contributed by atoms with Gasteiger partial charge in [0.15, 0.2) is 0 Å². The van der Waals surface area contributed by atoms with Gasteiger partial charge in [0.05, 0.1) is 0 Å². The third-order valence-electron chi connectivity index (χ3n) is 4.97. The van der Waals surface area contributed by atoms with Crippen LogP contribution in [-0.4, -0.2) is 0 Å². The molecule has 0 amide bonds. The van der Waals surface area contributed by atoms with Gasteiger partial charge in [-0.2, -0.15) is 0 Å². The van der Waals surface area contributed by atoms with Crippen LogP contribution in [-0.2, 0) is 0 Å². The van der Waals surface area contributed by atoms with E-state index in [-0.39, 0.29) is 0 Å². The summed E-state index contributed by atoms with van der Waals surface area (Å²) in [6.45, 7) is 9.80. The molecule has 0 aliphatic heterocycles. The molecule has 0 spiro atoms. The monoisotopic (exact) mass is 194 g/mol. The number of hydrogen-bond acceptors (Lipinski definition) is 0. The summed E-state index contributed by atoms with van der Waals surface area (Å²) in [7, 11) is 0. The van der Waals surface area contributed by atoms with E-state index in [1.165, 1.54) is 25.7 Å². The maximum Gasteiger partial charge on any atom is -0.0324 e. The van der Waals surface area contributed by atoms with E-state index in [2.05, 4.69) is 27.7 Å². The molecule has 0 aromatic rings. The molecule has 0 heterocycles. The van der Waals surface area contributed by atoms with Gasteiger partial charge >= 0.3 is 0 Å². The van der Waals surface area contributed by atoms with Gasteiger partial charge in [-0.1, -0.05) is 40.5 Å². The van der Waals surface area contributed by atoms with Crippen molar-refractivity contribution in [2.24, 2.45) is 35.5 Å². The number of rotatable bonds is 1. The largest absolute Gasteiger partial charge is 0.0625 e. The third kappa shape index (κ3) is 1.85. The standard InChI is InChI=1S/C14H26/c1-9(2)12-7-5-10(3)6-8-13-11(4)14(12)13/h9-14H,5-8H2,1-4H3. The van der Waals surface area contributed by atoms with Gasteiger partial charge in [-0.25, -0.2) is 0 Å². The number of fused-ring (bicyclic) bond motifs is 1.